The van der Waals surface area contributed by atoms with Gasteiger partial charge in [0.1, 0.15) is 17.6 Å². The third-order valence-corrected chi connectivity index (χ3v) is 6.19. The van der Waals surface area contributed by atoms with Crippen LogP contribution in [0.1, 0.15) is 23.9 Å². The van der Waals surface area contributed by atoms with E-state index in [0.717, 1.165) is 25.7 Å². The van der Waals surface area contributed by atoms with Gasteiger partial charge in [0.15, 0.2) is 18.1 Å². The molecule has 0 fully saturated rings. The van der Waals surface area contributed by atoms with Crippen molar-refractivity contribution in [2.24, 2.45) is 0 Å². The molecule has 4 aromatic rings. The summed E-state index contributed by atoms with van der Waals surface area (Å²) in [4.78, 5) is 20.1. The third kappa shape index (κ3) is 6.40. The van der Waals surface area contributed by atoms with Crippen molar-refractivity contribution in [3.63, 3.8) is 0 Å². The Labute approximate surface area is 228 Å². The van der Waals surface area contributed by atoms with Crippen LogP contribution in [-0.4, -0.2) is 36.2 Å². The number of nitriles is 1. The minimum absolute atomic E-state index is 0.176. The zero-order chi connectivity index (χ0) is 26.4. The Morgan fingerprint density at radius 2 is 1.95 bits per heavy atom. The first-order valence-corrected chi connectivity index (χ1v) is 12.6. The van der Waals surface area contributed by atoms with Gasteiger partial charge in [0.25, 0.3) is 5.91 Å². The van der Waals surface area contributed by atoms with E-state index in [-0.39, 0.29) is 12.5 Å². The van der Waals surface area contributed by atoms with Crippen LogP contribution in [-0.2, 0) is 4.79 Å². The largest absolute Gasteiger partial charge is 0.497 e. The number of carbonyl (C=O) groups is 1. The average Bonchev–Trinajstić information content (AvgIpc) is 3.31. The fraction of sp³-hybridized carbons (Fsp3) is 0.179. The second-order valence-electron chi connectivity index (χ2n) is 8.10. The van der Waals surface area contributed by atoms with Crippen LogP contribution in [0.3, 0.4) is 0 Å². The zero-order valence-electron chi connectivity index (χ0n) is 20.6. The van der Waals surface area contributed by atoms with Gasteiger partial charge in [-0.1, -0.05) is 17.7 Å². The highest BCUT2D eigenvalue weighted by Crippen LogP contribution is 2.35. The van der Waals surface area contributed by atoms with Crippen molar-refractivity contribution < 1.29 is 19.0 Å². The lowest BCUT2D eigenvalue weighted by molar-refractivity contribution is -0.118. The minimum atomic E-state index is -0.278. The molecular weight excluding hydrogens is 583 g/mol. The van der Waals surface area contributed by atoms with Crippen LogP contribution in [0.4, 0.5) is 5.69 Å². The lowest BCUT2D eigenvalue weighted by Crippen LogP contribution is -2.20. The third-order valence-electron chi connectivity index (χ3n) is 5.39. The van der Waals surface area contributed by atoms with Crippen LogP contribution in [0.15, 0.2) is 54.6 Å². The van der Waals surface area contributed by atoms with Crippen molar-refractivity contribution in [3.05, 3.63) is 75.1 Å². The highest BCUT2D eigenvalue weighted by Gasteiger charge is 2.15. The van der Waals surface area contributed by atoms with Crippen molar-refractivity contribution in [2.75, 3.05) is 25.6 Å². The molecule has 0 bridgehead atoms. The number of amides is 1. The number of benzene rings is 3. The molecule has 2 N–H and O–H groups in total. The number of carbonyl (C=O) groups excluding carboxylic acids is 1. The smallest absolute Gasteiger partial charge is 0.262 e. The molecule has 0 unspecified atom stereocenters. The number of hydrogen-bond acceptors (Lipinski definition) is 6. The molecule has 9 heteroatoms. The van der Waals surface area contributed by atoms with E-state index in [1.807, 2.05) is 62.4 Å². The number of H-pyrrole nitrogens is 1. The summed E-state index contributed by atoms with van der Waals surface area (Å²) in [7, 11) is 1.60. The van der Waals surface area contributed by atoms with E-state index in [2.05, 4.69) is 43.9 Å². The van der Waals surface area contributed by atoms with Gasteiger partial charge >= 0.3 is 0 Å². The predicted molar refractivity (Wildman–Crippen MR) is 152 cm³/mol. The number of nitrogens with one attached hydrogen (secondary N) is 2. The first kappa shape index (κ1) is 26.0. The number of aromatic nitrogens is 2. The van der Waals surface area contributed by atoms with Gasteiger partial charge in [-0.2, -0.15) is 5.26 Å². The van der Waals surface area contributed by atoms with Crippen molar-refractivity contribution >= 4 is 56.9 Å². The molecule has 0 radical (unpaired) electrons. The fourth-order valence-corrected chi connectivity index (χ4v) is 4.39. The summed E-state index contributed by atoms with van der Waals surface area (Å²) in [5, 5.41) is 12.7. The Morgan fingerprint density at radius 1 is 1.16 bits per heavy atom. The maximum absolute atomic E-state index is 12.4. The number of aromatic amines is 1. The molecule has 0 saturated carbocycles. The molecule has 4 rings (SSSR count). The van der Waals surface area contributed by atoms with E-state index < -0.39 is 0 Å². The molecular formula is C28H25IN4O4. The van der Waals surface area contributed by atoms with Gasteiger partial charge in [-0.05, 0) is 84.5 Å². The molecule has 0 aliphatic heterocycles. The van der Waals surface area contributed by atoms with Gasteiger partial charge in [0.05, 0.1) is 33.9 Å². The van der Waals surface area contributed by atoms with Gasteiger partial charge in [-0.3, -0.25) is 4.79 Å². The Balaban J connectivity index is 1.56. The van der Waals surface area contributed by atoms with Crippen LogP contribution < -0.4 is 19.5 Å². The second kappa shape index (κ2) is 11.8. The molecule has 0 atom stereocenters. The van der Waals surface area contributed by atoms with Gasteiger partial charge < -0.3 is 24.5 Å². The van der Waals surface area contributed by atoms with Crippen LogP contribution in [0.2, 0.25) is 0 Å². The Morgan fingerprint density at radius 3 is 2.65 bits per heavy atom. The monoisotopic (exact) mass is 608 g/mol. The number of halogens is 1. The molecule has 1 amide bonds. The first-order chi connectivity index (χ1) is 17.9. The minimum Gasteiger partial charge on any atom is -0.497 e. The first-order valence-electron chi connectivity index (χ1n) is 11.5. The van der Waals surface area contributed by atoms with E-state index in [4.69, 9.17) is 14.2 Å². The summed E-state index contributed by atoms with van der Waals surface area (Å²) in [5.74, 6) is 1.82. The van der Waals surface area contributed by atoms with Gasteiger partial charge in [-0.25, -0.2) is 4.98 Å². The number of imidazole rings is 1. The molecule has 37 heavy (non-hydrogen) atoms. The number of fused-ring (bicyclic) bond motifs is 1. The van der Waals surface area contributed by atoms with Crippen molar-refractivity contribution in [2.45, 2.75) is 13.8 Å². The maximum atomic E-state index is 12.4. The number of aryl methyl sites for hydroxylation is 1. The van der Waals surface area contributed by atoms with Gasteiger partial charge in [0, 0.05) is 11.8 Å². The van der Waals surface area contributed by atoms with Crippen molar-refractivity contribution in [1.29, 1.82) is 5.26 Å². The van der Waals surface area contributed by atoms with Crippen LogP contribution >= 0.6 is 22.6 Å². The lowest BCUT2D eigenvalue weighted by atomic mass is 10.1. The maximum Gasteiger partial charge on any atom is 0.262 e. The topological polar surface area (TPSA) is 109 Å². The van der Waals surface area contributed by atoms with E-state index in [1.54, 1.807) is 19.3 Å². The van der Waals surface area contributed by atoms with Crippen LogP contribution in [0.5, 0.6) is 17.2 Å². The molecule has 1 aromatic heterocycles. The van der Waals surface area contributed by atoms with E-state index >= 15 is 0 Å². The number of nitrogens with zero attached hydrogens (tertiary/aromatic N) is 2. The summed E-state index contributed by atoms with van der Waals surface area (Å²) < 4.78 is 17.7. The van der Waals surface area contributed by atoms with Crippen molar-refractivity contribution in [3.8, 4) is 23.3 Å². The molecule has 0 aliphatic carbocycles. The van der Waals surface area contributed by atoms with Gasteiger partial charge in [-0.15, -0.1) is 0 Å². The Hall–Kier alpha value is -4.04. The highest BCUT2D eigenvalue weighted by molar-refractivity contribution is 14.1. The number of hydrogen-bond donors (Lipinski definition) is 2. The quantitative estimate of drug-likeness (QED) is 0.179. The Bertz CT molecular complexity index is 1500. The second-order valence-corrected chi connectivity index (χ2v) is 9.27. The fourth-order valence-electron chi connectivity index (χ4n) is 3.61. The van der Waals surface area contributed by atoms with Crippen molar-refractivity contribution in [1.82, 2.24) is 9.97 Å². The molecule has 1 heterocycles. The summed E-state index contributed by atoms with van der Waals surface area (Å²) in [6, 6.07) is 18.9. The zero-order valence-corrected chi connectivity index (χ0v) is 22.8. The van der Waals surface area contributed by atoms with E-state index in [0.29, 0.717) is 40.9 Å². The number of allylic oxidation sites excluding steroid dienone is 1. The molecule has 0 saturated heterocycles. The van der Waals surface area contributed by atoms with Crippen LogP contribution in [0, 0.1) is 21.8 Å². The number of methoxy groups -OCH3 is 1. The normalized spacial score (nSPS) is 11.2. The van der Waals surface area contributed by atoms with Crippen LogP contribution in [0.25, 0.3) is 22.7 Å². The highest BCUT2D eigenvalue weighted by atomic mass is 127. The van der Waals surface area contributed by atoms with E-state index in [1.165, 1.54) is 0 Å². The standard InChI is InChI=1S/C28H25IN4O4/c1-4-36-25-13-18(11-19(15-30)28-32-23-10-9-21(35-3)14-24(23)33-28)12-22(29)27(25)37-16-26(34)31-20-7-5-17(2)6-8-20/h5-14H,4,16H2,1-3H3,(H,31,34)(H,32,33)/b19-11-. The number of anilines is 1. The summed E-state index contributed by atoms with van der Waals surface area (Å²) in [5.41, 5.74) is 4.41. The summed E-state index contributed by atoms with van der Waals surface area (Å²) in [6.45, 7) is 4.09. The van der Waals surface area contributed by atoms with E-state index in [9.17, 15) is 10.1 Å². The molecule has 188 valence electrons. The number of ether oxygens (including phenoxy) is 3. The summed E-state index contributed by atoms with van der Waals surface area (Å²) >= 11 is 2.13. The summed E-state index contributed by atoms with van der Waals surface area (Å²) in [6.07, 6.45) is 1.73. The molecule has 0 aliphatic rings. The number of rotatable bonds is 9. The SMILES string of the molecule is CCOc1cc(/C=C(/C#N)c2nc3ccc(OC)cc3[nH]2)cc(I)c1OCC(=O)Nc1ccc(C)cc1. The molecule has 8 nitrogen and oxygen atoms in total. The Kier molecular flexibility index (Phi) is 8.30. The molecule has 3 aromatic carbocycles. The molecule has 0 spiro atoms. The lowest BCUT2D eigenvalue weighted by Gasteiger charge is -2.15. The predicted octanol–water partition coefficient (Wildman–Crippen LogP) is 5.96. The van der Waals surface area contributed by atoms with Gasteiger partial charge in [0.2, 0.25) is 0 Å². The average molecular weight is 608 g/mol.